The van der Waals surface area contributed by atoms with Gasteiger partial charge in [-0.1, -0.05) is 18.2 Å². The zero-order chi connectivity index (χ0) is 10.7. The van der Waals surface area contributed by atoms with Gasteiger partial charge in [-0.05, 0) is 29.3 Å². The van der Waals surface area contributed by atoms with Crippen LogP contribution in [0.3, 0.4) is 0 Å². The number of amides is 1. The van der Waals surface area contributed by atoms with Gasteiger partial charge in [-0.3, -0.25) is 4.79 Å². The Hall–Kier alpha value is -1.27. The van der Waals surface area contributed by atoms with Crippen molar-refractivity contribution in [2.45, 2.75) is 12.8 Å². The van der Waals surface area contributed by atoms with E-state index in [-0.39, 0.29) is 5.91 Å². The van der Waals surface area contributed by atoms with Crippen LogP contribution in [0.1, 0.15) is 12.0 Å². The van der Waals surface area contributed by atoms with Crippen molar-refractivity contribution in [2.24, 2.45) is 0 Å². The van der Waals surface area contributed by atoms with Crippen molar-refractivity contribution < 1.29 is 4.79 Å². The number of carbonyl (C=O) groups is 1. The predicted molar refractivity (Wildman–Crippen MR) is 63.8 cm³/mol. The molecular weight excluding hydrogens is 254 g/mol. The first kappa shape index (κ1) is 10.3. The Balaban J connectivity index is 2.36. The van der Waals surface area contributed by atoms with E-state index in [1.165, 1.54) is 5.56 Å². The van der Waals surface area contributed by atoms with Crippen molar-refractivity contribution in [3.8, 4) is 10.8 Å². The van der Waals surface area contributed by atoms with E-state index in [0.29, 0.717) is 0 Å². The number of aryl methyl sites for hydroxylation is 1. The molecule has 1 aliphatic rings. The van der Waals surface area contributed by atoms with Gasteiger partial charge in [-0.25, -0.2) is 0 Å². The molecule has 0 fully saturated rings. The molecule has 0 bridgehead atoms. The molecule has 3 heteroatoms. The molecule has 2 nitrogen and oxygen atoms in total. The molecule has 1 aromatic rings. The number of fused-ring (bicyclic) bond motifs is 1. The van der Waals surface area contributed by atoms with Crippen LogP contribution < -0.4 is 4.90 Å². The number of nitrogens with zero attached hydrogens (tertiary/aromatic N) is 1. The number of anilines is 1. The second kappa shape index (κ2) is 4.50. The van der Waals surface area contributed by atoms with Crippen LogP contribution in [0.15, 0.2) is 24.3 Å². The zero-order valence-electron chi connectivity index (χ0n) is 8.16. The lowest BCUT2D eigenvalue weighted by atomic mass is 10.0. The number of rotatable bonds is 0. The molecule has 0 unspecified atom stereocenters. The number of benzene rings is 1. The molecule has 15 heavy (non-hydrogen) atoms. The summed E-state index contributed by atoms with van der Waals surface area (Å²) >= 11 is 2.95. The molecule has 1 aromatic carbocycles. The zero-order valence-corrected chi connectivity index (χ0v) is 9.75. The van der Waals surface area contributed by atoms with Gasteiger partial charge in [0.25, 0.3) is 0 Å². The number of para-hydroxylation sites is 1. The fraction of sp³-hybridized carbons (Fsp3) is 0.250. The lowest BCUT2D eigenvalue weighted by Gasteiger charge is -2.27. The van der Waals surface area contributed by atoms with Crippen molar-refractivity contribution in [3.63, 3.8) is 0 Å². The molecular formula is C12H10BrNO. The van der Waals surface area contributed by atoms with Gasteiger partial charge in [-0.2, -0.15) is 0 Å². The summed E-state index contributed by atoms with van der Waals surface area (Å²) in [7, 11) is 0. The van der Waals surface area contributed by atoms with Crippen LogP contribution in [-0.2, 0) is 11.2 Å². The molecule has 0 N–H and O–H groups in total. The van der Waals surface area contributed by atoms with Crippen LogP contribution in [0, 0.1) is 10.8 Å². The van der Waals surface area contributed by atoms with Gasteiger partial charge < -0.3 is 4.90 Å². The largest absolute Gasteiger partial charge is 0.303 e. The molecule has 0 saturated heterocycles. The lowest BCUT2D eigenvalue weighted by Crippen LogP contribution is -2.34. The average Bonchev–Trinajstić information content (AvgIpc) is 2.28. The first-order valence-electron chi connectivity index (χ1n) is 4.84. The van der Waals surface area contributed by atoms with E-state index in [1.54, 1.807) is 4.90 Å². The summed E-state index contributed by atoms with van der Waals surface area (Å²) in [5, 5.41) is 0. The molecule has 76 valence electrons. The van der Waals surface area contributed by atoms with Gasteiger partial charge in [0, 0.05) is 34.1 Å². The Labute approximate surface area is 97.4 Å². The summed E-state index contributed by atoms with van der Waals surface area (Å²) in [4.78, 5) is 15.9. The number of hydrogen-bond acceptors (Lipinski definition) is 1. The molecule has 0 spiro atoms. The number of halogens is 1. The van der Waals surface area contributed by atoms with Crippen LogP contribution in [-0.4, -0.2) is 12.5 Å². The molecule has 0 radical (unpaired) electrons. The lowest BCUT2D eigenvalue weighted by molar-refractivity contribution is -0.113. The first-order valence-corrected chi connectivity index (χ1v) is 5.63. The fourth-order valence-electron chi connectivity index (χ4n) is 1.85. The quantitative estimate of drug-likeness (QED) is 0.658. The Morgan fingerprint density at radius 1 is 1.40 bits per heavy atom. The Morgan fingerprint density at radius 2 is 2.20 bits per heavy atom. The summed E-state index contributed by atoms with van der Waals surface area (Å²) in [5.74, 6) is 2.37. The van der Waals surface area contributed by atoms with Gasteiger partial charge in [0.15, 0.2) is 0 Å². The van der Waals surface area contributed by atoms with Crippen LogP contribution >= 0.6 is 15.9 Å². The summed E-state index contributed by atoms with van der Waals surface area (Å²) in [6.07, 6.45) is 2.05. The molecule has 1 aliphatic heterocycles. The van der Waals surface area contributed by atoms with Crippen molar-refractivity contribution in [1.82, 2.24) is 0 Å². The molecule has 2 rings (SSSR count). The Kier molecular flexibility index (Phi) is 3.08. The molecule has 1 amide bonds. The summed E-state index contributed by atoms with van der Waals surface area (Å²) in [6.45, 7) is 0.761. The molecule has 1 heterocycles. The summed E-state index contributed by atoms with van der Waals surface area (Å²) in [6, 6.07) is 7.99. The highest BCUT2D eigenvalue weighted by Crippen LogP contribution is 2.26. The highest BCUT2D eigenvalue weighted by molar-refractivity contribution is 9.12. The van der Waals surface area contributed by atoms with Crippen molar-refractivity contribution in [3.05, 3.63) is 29.8 Å². The maximum atomic E-state index is 11.7. The Bertz CT molecular complexity index is 444. The van der Waals surface area contributed by atoms with Crippen LogP contribution in [0.25, 0.3) is 0 Å². The first-order chi connectivity index (χ1) is 7.33. The second-order valence-corrected chi connectivity index (χ2v) is 3.81. The third kappa shape index (κ3) is 2.05. The van der Waals surface area contributed by atoms with Gasteiger partial charge in [0.05, 0.1) is 0 Å². The smallest absolute Gasteiger partial charge is 0.301 e. The second-order valence-electron chi connectivity index (χ2n) is 3.41. The molecule has 0 aliphatic carbocycles. The molecule has 0 saturated carbocycles. The van der Waals surface area contributed by atoms with Crippen molar-refractivity contribution in [1.29, 1.82) is 0 Å². The van der Waals surface area contributed by atoms with Gasteiger partial charge in [0.1, 0.15) is 0 Å². The van der Waals surface area contributed by atoms with E-state index in [0.717, 1.165) is 25.1 Å². The van der Waals surface area contributed by atoms with E-state index >= 15 is 0 Å². The third-order valence-electron chi connectivity index (χ3n) is 2.51. The third-order valence-corrected chi connectivity index (χ3v) is 2.71. The minimum atomic E-state index is -0.140. The van der Waals surface area contributed by atoms with Gasteiger partial charge in [-0.15, -0.1) is 0 Å². The van der Waals surface area contributed by atoms with Crippen LogP contribution in [0.5, 0.6) is 0 Å². The predicted octanol–water partition coefficient (Wildman–Crippen LogP) is 2.32. The summed E-state index contributed by atoms with van der Waals surface area (Å²) < 4.78 is 0. The topological polar surface area (TPSA) is 20.3 Å². The SMILES string of the molecule is O=C(C#CBr)N1CCCc2ccccc21. The van der Waals surface area contributed by atoms with Crippen molar-refractivity contribution >= 4 is 27.5 Å². The standard InChI is InChI=1S/C12H10BrNO/c13-8-7-12(15)14-9-3-5-10-4-1-2-6-11(10)14/h1-2,4,6H,3,5,9H2. The van der Waals surface area contributed by atoms with Crippen LogP contribution in [0.4, 0.5) is 5.69 Å². The van der Waals surface area contributed by atoms with E-state index in [9.17, 15) is 4.79 Å². The maximum Gasteiger partial charge on any atom is 0.303 e. The minimum absolute atomic E-state index is 0.140. The van der Waals surface area contributed by atoms with Gasteiger partial charge >= 0.3 is 5.91 Å². The van der Waals surface area contributed by atoms with E-state index < -0.39 is 0 Å². The average molecular weight is 264 g/mol. The number of carbonyl (C=O) groups excluding carboxylic acids is 1. The number of hydrogen-bond donors (Lipinski definition) is 0. The normalized spacial score (nSPS) is 13.8. The van der Waals surface area contributed by atoms with E-state index in [4.69, 9.17) is 0 Å². The van der Waals surface area contributed by atoms with E-state index in [2.05, 4.69) is 32.7 Å². The highest BCUT2D eigenvalue weighted by Gasteiger charge is 2.20. The highest BCUT2D eigenvalue weighted by atomic mass is 79.9. The molecule has 0 atom stereocenters. The monoisotopic (exact) mass is 263 g/mol. The van der Waals surface area contributed by atoms with Gasteiger partial charge in [0.2, 0.25) is 0 Å². The van der Waals surface area contributed by atoms with Crippen molar-refractivity contribution in [2.75, 3.05) is 11.4 Å². The van der Waals surface area contributed by atoms with E-state index in [1.807, 2.05) is 18.2 Å². The Morgan fingerprint density at radius 3 is 3.00 bits per heavy atom. The molecule has 0 aromatic heterocycles. The minimum Gasteiger partial charge on any atom is -0.301 e. The maximum absolute atomic E-state index is 11.7. The summed E-state index contributed by atoms with van der Waals surface area (Å²) in [5.41, 5.74) is 2.23. The fourth-order valence-corrected chi connectivity index (χ4v) is 2.02. The van der Waals surface area contributed by atoms with Crippen LogP contribution in [0.2, 0.25) is 0 Å².